The Balaban J connectivity index is 1.29. The van der Waals surface area contributed by atoms with Gasteiger partial charge in [0.2, 0.25) is 5.91 Å². The summed E-state index contributed by atoms with van der Waals surface area (Å²) in [4.78, 5) is 29.1. The van der Waals surface area contributed by atoms with E-state index in [0.29, 0.717) is 49.8 Å². The Labute approximate surface area is 184 Å². The standard InChI is InChI=1S/C22H24FN5O2S/c1-16(29)17-4-5-20(19(23)13-17)27-10-8-26(9-11-27)15-22(30)25-21-6-7-24-28(21)14-18-3-2-12-31-18/h2-7,12-13H,8-11,14-15H2,1H3,(H,25,30). The third-order valence-corrected chi connectivity index (χ3v) is 6.17. The van der Waals surface area contributed by atoms with Crippen molar-refractivity contribution in [3.63, 3.8) is 0 Å². The van der Waals surface area contributed by atoms with Crippen molar-refractivity contribution < 1.29 is 14.0 Å². The molecule has 0 atom stereocenters. The van der Waals surface area contributed by atoms with Crippen molar-refractivity contribution >= 4 is 34.5 Å². The van der Waals surface area contributed by atoms with Crippen LogP contribution >= 0.6 is 11.3 Å². The molecule has 0 unspecified atom stereocenters. The van der Waals surface area contributed by atoms with Gasteiger partial charge >= 0.3 is 0 Å². The number of aromatic nitrogens is 2. The number of piperazine rings is 1. The topological polar surface area (TPSA) is 70.5 Å². The second-order valence-electron chi connectivity index (χ2n) is 7.49. The van der Waals surface area contributed by atoms with Crippen molar-refractivity contribution in [3.05, 3.63) is 64.2 Å². The smallest absolute Gasteiger partial charge is 0.239 e. The Bertz CT molecular complexity index is 1060. The number of anilines is 2. The average Bonchev–Trinajstić information content (AvgIpc) is 3.41. The van der Waals surface area contributed by atoms with Gasteiger partial charge in [-0.2, -0.15) is 5.10 Å². The zero-order valence-corrected chi connectivity index (χ0v) is 18.1. The number of rotatable bonds is 7. The van der Waals surface area contributed by atoms with Crippen LogP contribution in [0.25, 0.3) is 0 Å². The first-order valence-corrected chi connectivity index (χ1v) is 11.0. The number of Topliss-reactive ketones (excluding diaryl/α,β-unsaturated/α-hetero) is 1. The molecule has 2 aromatic heterocycles. The fourth-order valence-electron chi connectivity index (χ4n) is 3.63. The van der Waals surface area contributed by atoms with Crippen LogP contribution in [0.2, 0.25) is 0 Å². The lowest BCUT2D eigenvalue weighted by Crippen LogP contribution is -2.49. The molecule has 1 N–H and O–H groups in total. The van der Waals surface area contributed by atoms with Crippen LogP contribution in [0.15, 0.2) is 48.0 Å². The number of halogens is 1. The second kappa shape index (κ2) is 9.40. The van der Waals surface area contributed by atoms with E-state index in [1.54, 1.807) is 40.4 Å². The maximum Gasteiger partial charge on any atom is 0.239 e. The van der Waals surface area contributed by atoms with Crippen LogP contribution in [-0.4, -0.2) is 59.1 Å². The van der Waals surface area contributed by atoms with Crippen LogP contribution in [0.1, 0.15) is 22.2 Å². The maximum absolute atomic E-state index is 14.4. The van der Waals surface area contributed by atoms with Crippen LogP contribution < -0.4 is 10.2 Å². The molecular weight excluding hydrogens is 417 g/mol. The Hall–Kier alpha value is -3.04. The summed E-state index contributed by atoms with van der Waals surface area (Å²) in [6.45, 7) is 4.83. The quantitative estimate of drug-likeness (QED) is 0.571. The molecule has 9 heteroatoms. The monoisotopic (exact) mass is 441 g/mol. The average molecular weight is 442 g/mol. The summed E-state index contributed by atoms with van der Waals surface area (Å²) in [6, 6.07) is 10.4. The minimum absolute atomic E-state index is 0.0987. The number of hydrogen-bond donors (Lipinski definition) is 1. The van der Waals surface area contributed by atoms with E-state index >= 15 is 0 Å². The molecule has 1 fully saturated rings. The normalized spacial score (nSPS) is 14.6. The fourth-order valence-corrected chi connectivity index (χ4v) is 4.32. The molecule has 0 bridgehead atoms. The van der Waals surface area contributed by atoms with Gasteiger partial charge in [-0.05, 0) is 36.6 Å². The van der Waals surface area contributed by atoms with E-state index in [1.807, 2.05) is 27.3 Å². The van der Waals surface area contributed by atoms with Crippen molar-refractivity contribution in [1.29, 1.82) is 0 Å². The molecule has 0 saturated carbocycles. The van der Waals surface area contributed by atoms with Gasteiger partial charge in [0.15, 0.2) is 5.78 Å². The number of ketones is 1. The van der Waals surface area contributed by atoms with Gasteiger partial charge in [0.05, 0.1) is 25.0 Å². The van der Waals surface area contributed by atoms with E-state index in [0.717, 1.165) is 0 Å². The van der Waals surface area contributed by atoms with Gasteiger partial charge in [-0.25, -0.2) is 9.07 Å². The van der Waals surface area contributed by atoms with Crippen molar-refractivity contribution in [2.45, 2.75) is 13.5 Å². The lowest BCUT2D eigenvalue weighted by molar-refractivity contribution is -0.117. The van der Waals surface area contributed by atoms with Crippen LogP contribution in [0.3, 0.4) is 0 Å². The molecule has 0 spiro atoms. The highest BCUT2D eigenvalue weighted by Crippen LogP contribution is 2.22. The molecule has 1 aliphatic rings. The fraction of sp³-hybridized carbons (Fsp3) is 0.318. The van der Waals surface area contributed by atoms with E-state index in [1.165, 1.54) is 17.9 Å². The molecule has 1 saturated heterocycles. The highest BCUT2D eigenvalue weighted by molar-refractivity contribution is 7.09. The number of nitrogens with one attached hydrogen (secondary N) is 1. The van der Waals surface area contributed by atoms with Crippen molar-refractivity contribution in [2.75, 3.05) is 42.9 Å². The molecule has 1 aromatic carbocycles. The molecule has 31 heavy (non-hydrogen) atoms. The van der Waals surface area contributed by atoms with Crippen molar-refractivity contribution in [2.24, 2.45) is 0 Å². The minimum atomic E-state index is -0.391. The van der Waals surface area contributed by atoms with Crippen molar-refractivity contribution in [3.8, 4) is 0 Å². The van der Waals surface area contributed by atoms with Gasteiger partial charge in [-0.15, -0.1) is 11.3 Å². The van der Waals surface area contributed by atoms with Crippen LogP contribution in [0.5, 0.6) is 0 Å². The lowest BCUT2D eigenvalue weighted by Gasteiger charge is -2.35. The van der Waals surface area contributed by atoms with E-state index in [9.17, 15) is 14.0 Å². The molecule has 0 aliphatic carbocycles. The van der Waals surface area contributed by atoms with Gasteiger partial charge in [-0.1, -0.05) is 6.07 Å². The number of thiophene rings is 1. The van der Waals surface area contributed by atoms with Gasteiger partial charge < -0.3 is 10.2 Å². The van der Waals surface area contributed by atoms with Gasteiger partial charge in [0.25, 0.3) is 0 Å². The first-order valence-electron chi connectivity index (χ1n) is 10.1. The number of nitrogens with zero attached hydrogens (tertiary/aromatic N) is 4. The molecule has 3 aromatic rings. The summed E-state index contributed by atoms with van der Waals surface area (Å²) < 4.78 is 16.2. The molecule has 7 nitrogen and oxygen atoms in total. The summed E-state index contributed by atoms with van der Waals surface area (Å²) in [7, 11) is 0. The van der Waals surface area contributed by atoms with E-state index < -0.39 is 5.82 Å². The van der Waals surface area contributed by atoms with E-state index in [2.05, 4.69) is 10.4 Å². The van der Waals surface area contributed by atoms with Crippen LogP contribution in [-0.2, 0) is 11.3 Å². The van der Waals surface area contributed by atoms with Crippen LogP contribution in [0.4, 0.5) is 15.9 Å². The highest BCUT2D eigenvalue weighted by atomic mass is 32.1. The lowest BCUT2D eigenvalue weighted by atomic mass is 10.1. The first-order chi connectivity index (χ1) is 15.0. The Morgan fingerprint density at radius 3 is 2.65 bits per heavy atom. The van der Waals surface area contributed by atoms with Crippen LogP contribution in [0, 0.1) is 5.82 Å². The highest BCUT2D eigenvalue weighted by Gasteiger charge is 2.22. The third-order valence-electron chi connectivity index (χ3n) is 5.30. The SMILES string of the molecule is CC(=O)c1ccc(N2CCN(CC(=O)Nc3ccnn3Cc3cccs3)CC2)c(F)c1. The molecular formula is C22H24FN5O2S. The first kappa shape index (κ1) is 21.2. The van der Waals surface area contributed by atoms with Gasteiger partial charge in [0, 0.05) is 42.7 Å². The Morgan fingerprint density at radius 2 is 1.97 bits per heavy atom. The summed E-state index contributed by atoms with van der Waals surface area (Å²) in [5.74, 6) is 0.0268. The van der Waals surface area contributed by atoms with E-state index in [4.69, 9.17) is 0 Å². The second-order valence-corrected chi connectivity index (χ2v) is 8.52. The zero-order valence-electron chi connectivity index (χ0n) is 17.3. The molecule has 0 radical (unpaired) electrons. The third kappa shape index (κ3) is 5.18. The predicted octanol–water partition coefficient (Wildman–Crippen LogP) is 3.10. The number of carbonyl (C=O) groups excluding carboxylic acids is 2. The summed E-state index contributed by atoms with van der Waals surface area (Å²) in [5, 5.41) is 9.24. The molecule has 3 heterocycles. The molecule has 1 aliphatic heterocycles. The Morgan fingerprint density at radius 1 is 1.16 bits per heavy atom. The summed E-state index contributed by atoms with van der Waals surface area (Å²) in [5.41, 5.74) is 0.862. The number of hydrogen-bond acceptors (Lipinski definition) is 6. The Kier molecular flexibility index (Phi) is 6.43. The molecule has 4 rings (SSSR count). The largest absolute Gasteiger partial charge is 0.367 e. The predicted molar refractivity (Wildman–Crippen MR) is 119 cm³/mol. The maximum atomic E-state index is 14.4. The zero-order chi connectivity index (χ0) is 21.8. The number of amides is 1. The summed E-state index contributed by atoms with van der Waals surface area (Å²) >= 11 is 1.65. The summed E-state index contributed by atoms with van der Waals surface area (Å²) in [6.07, 6.45) is 1.67. The molecule has 162 valence electrons. The van der Waals surface area contributed by atoms with Gasteiger partial charge in [-0.3, -0.25) is 14.5 Å². The minimum Gasteiger partial charge on any atom is -0.367 e. The number of carbonyl (C=O) groups is 2. The van der Waals surface area contributed by atoms with E-state index in [-0.39, 0.29) is 18.2 Å². The molecule has 1 amide bonds. The number of benzene rings is 1. The van der Waals surface area contributed by atoms with Gasteiger partial charge in [0.1, 0.15) is 11.6 Å². The van der Waals surface area contributed by atoms with Crippen molar-refractivity contribution in [1.82, 2.24) is 14.7 Å².